The smallest absolute Gasteiger partial charge is 0.407 e. The fourth-order valence-electron chi connectivity index (χ4n) is 4.74. The van der Waals surface area contributed by atoms with Crippen LogP contribution in [0.2, 0.25) is 0 Å². The van der Waals surface area contributed by atoms with Crippen LogP contribution in [0.5, 0.6) is 0 Å². The standard InChI is InChI=1S/C27H32N2O6/c1-17(11-12-24(30)29-23-15-34-16-27(23,2)25(31)32)13-28-26(33)35-14-22-20-9-5-3-7-18(20)19-8-4-6-10-21(19)22/h3-10,17,22-23H,11-16H2,1-2H3,(H,28,33)(H,29,30)(H,31,32). The van der Waals surface area contributed by atoms with Crippen molar-refractivity contribution in [3.05, 3.63) is 59.7 Å². The molecule has 0 saturated carbocycles. The van der Waals surface area contributed by atoms with Gasteiger partial charge in [0.15, 0.2) is 0 Å². The largest absolute Gasteiger partial charge is 0.481 e. The first-order valence-electron chi connectivity index (χ1n) is 12.0. The highest BCUT2D eigenvalue weighted by molar-refractivity contribution is 5.80. The second-order valence-corrected chi connectivity index (χ2v) is 9.71. The van der Waals surface area contributed by atoms with Gasteiger partial charge in [-0.1, -0.05) is 55.5 Å². The number of amides is 2. The van der Waals surface area contributed by atoms with E-state index in [1.165, 1.54) is 11.1 Å². The van der Waals surface area contributed by atoms with Crippen LogP contribution in [-0.4, -0.2) is 55.5 Å². The minimum Gasteiger partial charge on any atom is -0.481 e. The Morgan fingerprint density at radius 2 is 1.74 bits per heavy atom. The summed E-state index contributed by atoms with van der Waals surface area (Å²) in [5.74, 6) is -1.15. The van der Waals surface area contributed by atoms with Gasteiger partial charge in [0.05, 0.1) is 19.3 Å². The van der Waals surface area contributed by atoms with Crippen molar-refractivity contribution in [1.82, 2.24) is 10.6 Å². The quantitative estimate of drug-likeness (QED) is 0.506. The van der Waals surface area contributed by atoms with Crippen LogP contribution in [-0.2, 0) is 19.1 Å². The number of alkyl carbamates (subject to hydrolysis) is 1. The van der Waals surface area contributed by atoms with E-state index in [0.717, 1.165) is 11.1 Å². The van der Waals surface area contributed by atoms with E-state index in [4.69, 9.17) is 9.47 Å². The number of nitrogens with one attached hydrogen (secondary N) is 2. The Kier molecular flexibility index (Phi) is 7.40. The topological polar surface area (TPSA) is 114 Å². The third kappa shape index (κ3) is 5.32. The molecule has 2 amide bonds. The number of carbonyl (C=O) groups excluding carboxylic acids is 2. The van der Waals surface area contributed by atoms with Gasteiger partial charge in [0.2, 0.25) is 5.91 Å². The van der Waals surface area contributed by atoms with Crippen LogP contribution in [0.15, 0.2) is 48.5 Å². The van der Waals surface area contributed by atoms with Crippen LogP contribution < -0.4 is 10.6 Å². The number of aliphatic carboxylic acids is 1. The van der Waals surface area contributed by atoms with Gasteiger partial charge in [0.25, 0.3) is 0 Å². The van der Waals surface area contributed by atoms with Gasteiger partial charge < -0.3 is 25.2 Å². The number of hydrogen-bond acceptors (Lipinski definition) is 5. The summed E-state index contributed by atoms with van der Waals surface area (Å²) in [5, 5.41) is 15.0. The lowest BCUT2D eigenvalue weighted by atomic mass is 9.85. The molecule has 1 fully saturated rings. The van der Waals surface area contributed by atoms with Crippen molar-refractivity contribution < 1.29 is 29.0 Å². The van der Waals surface area contributed by atoms with E-state index in [1.54, 1.807) is 6.92 Å². The predicted octanol–water partition coefficient (Wildman–Crippen LogP) is 3.55. The highest BCUT2D eigenvalue weighted by Crippen LogP contribution is 2.44. The molecule has 8 nitrogen and oxygen atoms in total. The molecular formula is C27H32N2O6. The molecule has 3 unspecified atom stereocenters. The molecule has 8 heteroatoms. The summed E-state index contributed by atoms with van der Waals surface area (Å²) < 4.78 is 10.8. The van der Waals surface area contributed by atoms with E-state index in [0.29, 0.717) is 13.0 Å². The van der Waals surface area contributed by atoms with Gasteiger partial charge in [-0.15, -0.1) is 0 Å². The summed E-state index contributed by atoms with van der Waals surface area (Å²) in [6, 6.07) is 15.8. The SMILES string of the molecule is CC(CCC(=O)NC1COCC1(C)C(=O)O)CNC(=O)OCC1c2ccccc2-c2ccccc21. The van der Waals surface area contributed by atoms with Gasteiger partial charge in [-0.25, -0.2) is 4.79 Å². The van der Waals surface area contributed by atoms with Gasteiger partial charge in [-0.2, -0.15) is 0 Å². The molecule has 3 atom stereocenters. The van der Waals surface area contributed by atoms with Crippen molar-refractivity contribution >= 4 is 18.0 Å². The Bertz CT molecular complexity index is 1060. The number of rotatable bonds is 9. The molecule has 2 aliphatic rings. The average Bonchev–Trinajstić information content (AvgIpc) is 3.38. The van der Waals surface area contributed by atoms with Crippen LogP contribution >= 0.6 is 0 Å². The molecule has 0 bridgehead atoms. The van der Waals surface area contributed by atoms with Crippen molar-refractivity contribution in [2.45, 2.75) is 38.6 Å². The van der Waals surface area contributed by atoms with E-state index in [1.807, 2.05) is 31.2 Å². The molecule has 3 N–H and O–H groups in total. The number of carboxylic acid groups (broad SMARTS) is 1. The zero-order chi connectivity index (χ0) is 25.0. The molecule has 0 spiro atoms. The second-order valence-electron chi connectivity index (χ2n) is 9.71. The van der Waals surface area contributed by atoms with Crippen LogP contribution in [0.1, 0.15) is 43.7 Å². The number of ether oxygens (including phenoxy) is 2. The first kappa shape index (κ1) is 24.7. The van der Waals surface area contributed by atoms with Gasteiger partial charge in [-0.05, 0) is 41.5 Å². The minimum absolute atomic E-state index is 0.00493. The third-order valence-corrected chi connectivity index (χ3v) is 7.08. The molecular weight excluding hydrogens is 448 g/mol. The zero-order valence-corrected chi connectivity index (χ0v) is 20.1. The van der Waals surface area contributed by atoms with Gasteiger partial charge in [0.1, 0.15) is 12.0 Å². The molecule has 1 saturated heterocycles. The number of fused-ring (bicyclic) bond motifs is 3. The van der Waals surface area contributed by atoms with Crippen molar-refractivity contribution in [3.8, 4) is 11.1 Å². The average molecular weight is 481 g/mol. The first-order chi connectivity index (χ1) is 16.8. The summed E-state index contributed by atoms with van der Waals surface area (Å²) in [6.07, 6.45) is 0.301. The Morgan fingerprint density at radius 3 is 2.37 bits per heavy atom. The predicted molar refractivity (Wildman–Crippen MR) is 130 cm³/mol. The third-order valence-electron chi connectivity index (χ3n) is 7.08. The molecule has 1 heterocycles. The molecule has 1 aliphatic carbocycles. The summed E-state index contributed by atoms with van der Waals surface area (Å²) >= 11 is 0. The second kappa shape index (κ2) is 10.5. The highest BCUT2D eigenvalue weighted by Gasteiger charge is 2.47. The fraction of sp³-hybridized carbons (Fsp3) is 0.444. The lowest BCUT2D eigenvalue weighted by Crippen LogP contribution is -2.49. The van der Waals surface area contributed by atoms with Gasteiger partial charge in [-0.3, -0.25) is 9.59 Å². The fourth-order valence-corrected chi connectivity index (χ4v) is 4.74. The number of benzene rings is 2. The molecule has 35 heavy (non-hydrogen) atoms. The van der Waals surface area contributed by atoms with Crippen molar-refractivity contribution in [2.75, 3.05) is 26.4 Å². The Hall–Kier alpha value is -3.39. The first-order valence-corrected chi connectivity index (χ1v) is 12.0. The van der Waals surface area contributed by atoms with E-state index >= 15 is 0 Å². The molecule has 0 aromatic heterocycles. The Morgan fingerprint density at radius 1 is 1.11 bits per heavy atom. The summed E-state index contributed by atoms with van der Waals surface area (Å²) in [7, 11) is 0. The molecule has 4 rings (SSSR count). The van der Waals surface area contributed by atoms with Crippen molar-refractivity contribution in [2.24, 2.45) is 11.3 Å². The molecule has 186 valence electrons. The maximum Gasteiger partial charge on any atom is 0.407 e. The van der Waals surface area contributed by atoms with Gasteiger partial charge in [0, 0.05) is 18.9 Å². The number of carbonyl (C=O) groups is 3. The van der Waals surface area contributed by atoms with Crippen LogP contribution in [0.25, 0.3) is 11.1 Å². The highest BCUT2D eigenvalue weighted by atomic mass is 16.5. The van der Waals surface area contributed by atoms with E-state index in [-0.39, 0.29) is 44.0 Å². The van der Waals surface area contributed by atoms with Crippen LogP contribution in [0, 0.1) is 11.3 Å². The molecule has 1 aliphatic heterocycles. The lowest BCUT2D eigenvalue weighted by Gasteiger charge is -2.25. The maximum atomic E-state index is 12.3. The van der Waals surface area contributed by atoms with Crippen molar-refractivity contribution in [1.29, 1.82) is 0 Å². The zero-order valence-electron chi connectivity index (χ0n) is 20.1. The van der Waals surface area contributed by atoms with Gasteiger partial charge >= 0.3 is 12.1 Å². The summed E-state index contributed by atoms with van der Waals surface area (Å²) in [5.41, 5.74) is 3.56. The lowest BCUT2D eigenvalue weighted by molar-refractivity contribution is -0.149. The van der Waals surface area contributed by atoms with Crippen LogP contribution in [0.3, 0.4) is 0 Å². The molecule has 2 aromatic rings. The summed E-state index contributed by atoms with van der Waals surface area (Å²) in [4.78, 5) is 36.2. The Labute approximate surface area is 205 Å². The van der Waals surface area contributed by atoms with E-state index in [9.17, 15) is 19.5 Å². The maximum absolute atomic E-state index is 12.3. The summed E-state index contributed by atoms with van der Waals surface area (Å²) in [6.45, 7) is 4.41. The van der Waals surface area contributed by atoms with Crippen molar-refractivity contribution in [3.63, 3.8) is 0 Å². The molecule has 2 aromatic carbocycles. The van der Waals surface area contributed by atoms with Crippen LogP contribution in [0.4, 0.5) is 4.79 Å². The number of hydrogen-bond donors (Lipinski definition) is 3. The molecule has 0 radical (unpaired) electrons. The monoisotopic (exact) mass is 480 g/mol. The normalized spacial score (nSPS) is 21.6. The Balaban J connectivity index is 1.20. The van der Waals surface area contributed by atoms with E-state index < -0.39 is 23.5 Å². The number of carboxylic acids is 1. The van der Waals surface area contributed by atoms with E-state index in [2.05, 4.69) is 34.9 Å². The minimum atomic E-state index is -1.12.